The van der Waals surface area contributed by atoms with E-state index < -0.39 is 17.2 Å². The fourth-order valence-electron chi connectivity index (χ4n) is 2.65. The van der Waals surface area contributed by atoms with E-state index in [2.05, 4.69) is 4.98 Å². The van der Waals surface area contributed by atoms with Crippen molar-refractivity contribution in [1.29, 1.82) is 10.5 Å². The summed E-state index contributed by atoms with van der Waals surface area (Å²) in [5, 5.41) is 18.6. The van der Waals surface area contributed by atoms with Gasteiger partial charge in [0.15, 0.2) is 11.6 Å². The van der Waals surface area contributed by atoms with Gasteiger partial charge in [-0.2, -0.15) is 10.5 Å². The van der Waals surface area contributed by atoms with Crippen LogP contribution < -0.4 is 16.0 Å². The SMILES string of the molecule is N#Cc1c(N)[nH]c(=O)c(C#N)c1-c1ccc(OCc2ccc(F)c(F)c2)cc1. The van der Waals surface area contributed by atoms with Crippen molar-refractivity contribution in [2.75, 3.05) is 5.73 Å². The number of nitrogens with zero attached hydrogens (tertiary/aromatic N) is 2. The van der Waals surface area contributed by atoms with Crippen LogP contribution in [0.25, 0.3) is 11.1 Å². The molecule has 28 heavy (non-hydrogen) atoms. The van der Waals surface area contributed by atoms with Crippen molar-refractivity contribution < 1.29 is 13.5 Å². The van der Waals surface area contributed by atoms with Gasteiger partial charge in [-0.1, -0.05) is 18.2 Å². The first-order chi connectivity index (χ1) is 13.4. The molecule has 0 saturated heterocycles. The van der Waals surface area contributed by atoms with Crippen molar-refractivity contribution in [3.63, 3.8) is 0 Å². The molecule has 0 aliphatic heterocycles. The number of hydrogen-bond donors (Lipinski definition) is 2. The van der Waals surface area contributed by atoms with E-state index in [1.54, 1.807) is 30.3 Å². The van der Waals surface area contributed by atoms with Gasteiger partial charge in [-0.25, -0.2) is 8.78 Å². The minimum Gasteiger partial charge on any atom is -0.489 e. The van der Waals surface area contributed by atoms with E-state index in [-0.39, 0.29) is 29.1 Å². The molecule has 0 spiro atoms. The molecule has 0 aliphatic rings. The van der Waals surface area contributed by atoms with Gasteiger partial charge in [-0.3, -0.25) is 4.79 Å². The monoisotopic (exact) mass is 378 g/mol. The predicted octanol–water partition coefficient (Wildman–Crippen LogP) is 3.22. The van der Waals surface area contributed by atoms with Gasteiger partial charge >= 0.3 is 0 Å². The summed E-state index contributed by atoms with van der Waals surface area (Å²) in [6.07, 6.45) is 0. The molecule has 8 heteroatoms. The summed E-state index contributed by atoms with van der Waals surface area (Å²) < 4.78 is 31.7. The van der Waals surface area contributed by atoms with Gasteiger partial charge < -0.3 is 15.5 Å². The van der Waals surface area contributed by atoms with Crippen molar-refractivity contribution in [2.24, 2.45) is 0 Å². The highest BCUT2D eigenvalue weighted by Crippen LogP contribution is 2.29. The molecule has 0 atom stereocenters. The zero-order valence-corrected chi connectivity index (χ0v) is 14.3. The van der Waals surface area contributed by atoms with Gasteiger partial charge in [0.25, 0.3) is 5.56 Å². The number of rotatable bonds is 4. The smallest absolute Gasteiger partial charge is 0.268 e. The number of ether oxygens (including phenoxy) is 1. The van der Waals surface area contributed by atoms with E-state index in [1.807, 2.05) is 6.07 Å². The molecule has 0 unspecified atom stereocenters. The van der Waals surface area contributed by atoms with Crippen molar-refractivity contribution in [3.05, 3.63) is 81.1 Å². The standard InChI is InChI=1S/C20H12F2N4O2/c21-16-6-1-11(7-17(16)22)10-28-13-4-2-12(3-5-13)18-14(8-23)19(25)26-20(27)15(18)9-24/h1-7H,10H2,(H3,25,26,27). The number of aromatic amines is 1. The summed E-state index contributed by atoms with van der Waals surface area (Å²) in [7, 11) is 0. The number of nitrogen functional groups attached to an aromatic ring is 1. The van der Waals surface area contributed by atoms with E-state index in [0.717, 1.165) is 12.1 Å². The second-order valence-corrected chi connectivity index (χ2v) is 5.78. The lowest BCUT2D eigenvalue weighted by atomic mass is 9.96. The number of nitriles is 2. The van der Waals surface area contributed by atoms with Crippen LogP contribution in [-0.4, -0.2) is 4.98 Å². The van der Waals surface area contributed by atoms with Gasteiger partial charge in [0.05, 0.1) is 0 Å². The van der Waals surface area contributed by atoms with Gasteiger partial charge in [-0.15, -0.1) is 0 Å². The first-order valence-electron chi connectivity index (χ1n) is 7.97. The van der Waals surface area contributed by atoms with Crippen LogP contribution in [0.1, 0.15) is 16.7 Å². The fraction of sp³-hybridized carbons (Fsp3) is 0.0500. The average molecular weight is 378 g/mol. The number of nitrogens with one attached hydrogen (secondary N) is 1. The van der Waals surface area contributed by atoms with E-state index in [4.69, 9.17) is 10.5 Å². The summed E-state index contributed by atoms with van der Waals surface area (Å²) in [6, 6.07) is 13.4. The second-order valence-electron chi connectivity index (χ2n) is 5.78. The van der Waals surface area contributed by atoms with Crippen molar-refractivity contribution in [2.45, 2.75) is 6.61 Å². The number of nitrogens with two attached hydrogens (primary N) is 1. The highest BCUT2D eigenvalue weighted by atomic mass is 19.2. The van der Waals surface area contributed by atoms with Gasteiger partial charge in [0.1, 0.15) is 41.4 Å². The predicted molar refractivity (Wildman–Crippen MR) is 97.0 cm³/mol. The fourth-order valence-corrected chi connectivity index (χ4v) is 2.65. The largest absolute Gasteiger partial charge is 0.489 e. The van der Waals surface area contributed by atoms with Crippen LogP contribution >= 0.6 is 0 Å². The number of hydrogen-bond acceptors (Lipinski definition) is 5. The Hall–Kier alpha value is -4.17. The first-order valence-corrected chi connectivity index (χ1v) is 7.97. The summed E-state index contributed by atoms with van der Waals surface area (Å²) in [5.74, 6) is -1.60. The average Bonchev–Trinajstić information content (AvgIpc) is 2.69. The third-order valence-corrected chi connectivity index (χ3v) is 4.00. The molecule has 0 saturated carbocycles. The van der Waals surface area contributed by atoms with Crippen LogP contribution in [0.15, 0.2) is 47.3 Å². The highest BCUT2D eigenvalue weighted by molar-refractivity contribution is 5.80. The molecule has 0 bridgehead atoms. The summed E-state index contributed by atoms with van der Waals surface area (Å²) in [6.45, 7) is 0.0153. The first kappa shape index (κ1) is 18.6. The normalized spacial score (nSPS) is 10.1. The van der Waals surface area contributed by atoms with Crippen LogP contribution in [-0.2, 0) is 6.61 Å². The summed E-state index contributed by atoms with van der Waals surface area (Å²) in [4.78, 5) is 14.2. The molecule has 0 aliphatic carbocycles. The molecule has 0 fully saturated rings. The Morgan fingerprint density at radius 3 is 2.29 bits per heavy atom. The maximum Gasteiger partial charge on any atom is 0.268 e. The van der Waals surface area contributed by atoms with Crippen molar-refractivity contribution >= 4 is 5.82 Å². The van der Waals surface area contributed by atoms with Gasteiger partial charge in [-0.05, 0) is 35.4 Å². The number of halogens is 2. The lowest BCUT2D eigenvalue weighted by molar-refractivity contribution is 0.305. The minimum atomic E-state index is -0.962. The van der Waals surface area contributed by atoms with Gasteiger partial charge in [0.2, 0.25) is 0 Å². The van der Waals surface area contributed by atoms with Crippen LogP contribution in [0.2, 0.25) is 0 Å². The molecule has 2 aromatic carbocycles. The Balaban J connectivity index is 1.89. The van der Waals surface area contributed by atoms with Crippen LogP contribution in [0.3, 0.4) is 0 Å². The van der Waals surface area contributed by atoms with Gasteiger partial charge in [0, 0.05) is 5.56 Å². The minimum absolute atomic E-state index is 0.00777. The zero-order valence-electron chi connectivity index (χ0n) is 14.3. The molecule has 1 aromatic heterocycles. The molecular weight excluding hydrogens is 366 g/mol. The molecule has 1 heterocycles. The Kier molecular flexibility index (Phi) is 5.05. The van der Waals surface area contributed by atoms with E-state index >= 15 is 0 Å². The van der Waals surface area contributed by atoms with E-state index in [1.165, 1.54) is 6.07 Å². The number of benzene rings is 2. The summed E-state index contributed by atoms with van der Waals surface area (Å²) in [5.41, 5.74) is 5.79. The number of pyridine rings is 1. The molecule has 0 amide bonds. The molecular formula is C20H12F2N4O2. The molecule has 3 aromatic rings. The summed E-state index contributed by atoms with van der Waals surface area (Å²) >= 11 is 0. The van der Waals surface area contributed by atoms with Crippen LogP contribution in [0.4, 0.5) is 14.6 Å². The Morgan fingerprint density at radius 2 is 1.68 bits per heavy atom. The van der Waals surface area contributed by atoms with Crippen molar-refractivity contribution in [3.8, 4) is 29.0 Å². The lowest BCUT2D eigenvalue weighted by Gasteiger charge is -2.10. The van der Waals surface area contributed by atoms with Crippen LogP contribution in [0.5, 0.6) is 5.75 Å². The molecule has 3 rings (SSSR count). The quantitative estimate of drug-likeness (QED) is 0.723. The Labute approximate surface area is 158 Å². The lowest BCUT2D eigenvalue weighted by Crippen LogP contribution is -2.16. The Bertz CT molecular complexity index is 1190. The molecule has 0 radical (unpaired) electrons. The van der Waals surface area contributed by atoms with E-state index in [0.29, 0.717) is 16.9 Å². The molecule has 6 nitrogen and oxygen atoms in total. The number of anilines is 1. The third-order valence-electron chi connectivity index (χ3n) is 4.00. The maximum absolute atomic E-state index is 13.2. The third kappa shape index (κ3) is 3.53. The topological polar surface area (TPSA) is 116 Å². The number of aromatic nitrogens is 1. The zero-order chi connectivity index (χ0) is 20.3. The number of H-pyrrole nitrogens is 1. The maximum atomic E-state index is 13.2. The van der Waals surface area contributed by atoms with Crippen molar-refractivity contribution in [1.82, 2.24) is 4.98 Å². The molecule has 3 N–H and O–H groups in total. The Morgan fingerprint density at radius 1 is 1.00 bits per heavy atom. The van der Waals surface area contributed by atoms with Crippen LogP contribution in [0, 0.1) is 34.3 Å². The highest BCUT2D eigenvalue weighted by Gasteiger charge is 2.18. The molecule has 138 valence electrons. The van der Waals surface area contributed by atoms with E-state index in [9.17, 15) is 24.1 Å². The second kappa shape index (κ2) is 7.60.